The van der Waals surface area contributed by atoms with Crippen molar-refractivity contribution in [3.63, 3.8) is 0 Å². The topological polar surface area (TPSA) is 57.7 Å². The highest BCUT2D eigenvalue weighted by molar-refractivity contribution is 7.89. The van der Waals surface area contributed by atoms with Crippen LogP contribution < -0.4 is 0 Å². The van der Waals surface area contributed by atoms with Crippen molar-refractivity contribution in [3.05, 3.63) is 65.7 Å². The molecule has 27 heavy (non-hydrogen) atoms. The van der Waals surface area contributed by atoms with E-state index in [9.17, 15) is 13.2 Å². The predicted molar refractivity (Wildman–Crippen MR) is 106 cm³/mol. The van der Waals surface area contributed by atoms with Gasteiger partial charge in [0.1, 0.15) is 0 Å². The molecule has 3 rings (SSSR count). The number of hydrogen-bond acceptors (Lipinski definition) is 4. The summed E-state index contributed by atoms with van der Waals surface area (Å²) in [6, 6.07) is 16.7. The van der Waals surface area contributed by atoms with Crippen LogP contribution in [0.1, 0.15) is 36.7 Å². The van der Waals surface area contributed by atoms with Crippen molar-refractivity contribution in [2.75, 3.05) is 13.1 Å². The van der Waals surface area contributed by atoms with Crippen LogP contribution in [0.4, 0.5) is 0 Å². The van der Waals surface area contributed by atoms with Gasteiger partial charge in [0.15, 0.2) is 5.78 Å². The molecule has 0 saturated carbocycles. The van der Waals surface area contributed by atoms with E-state index in [2.05, 4.69) is 30.9 Å². The maximum atomic E-state index is 13.0. The summed E-state index contributed by atoms with van der Waals surface area (Å²) in [7, 11) is -3.57. The lowest BCUT2D eigenvalue weighted by Crippen LogP contribution is -2.57. The number of carbonyl (C=O) groups excluding carboxylic acids is 1. The van der Waals surface area contributed by atoms with E-state index in [0.29, 0.717) is 18.7 Å². The Labute approximate surface area is 161 Å². The van der Waals surface area contributed by atoms with Crippen LogP contribution in [0.15, 0.2) is 59.5 Å². The molecule has 1 aliphatic heterocycles. The van der Waals surface area contributed by atoms with Gasteiger partial charge >= 0.3 is 0 Å². The molecule has 1 heterocycles. The van der Waals surface area contributed by atoms with Gasteiger partial charge in [-0.1, -0.05) is 42.5 Å². The molecule has 1 saturated heterocycles. The summed E-state index contributed by atoms with van der Waals surface area (Å²) in [5.74, 6) is -0.0734. The van der Waals surface area contributed by atoms with Crippen molar-refractivity contribution in [2.45, 2.75) is 44.3 Å². The van der Waals surface area contributed by atoms with Crippen LogP contribution in [0.3, 0.4) is 0 Å². The Kier molecular flexibility index (Phi) is 5.79. The van der Waals surface area contributed by atoms with Gasteiger partial charge in [0, 0.05) is 37.3 Å². The third-order valence-electron chi connectivity index (χ3n) is 5.17. The number of piperazine rings is 1. The van der Waals surface area contributed by atoms with Crippen molar-refractivity contribution < 1.29 is 13.2 Å². The van der Waals surface area contributed by atoms with Gasteiger partial charge in [-0.25, -0.2) is 8.42 Å². The summed E-state index contributed by atoms with van der Waals surface area (Å²) in [5.41, 5.74) is 1.75. The second-order valence-electron chi connectivity index (χ2n) is 7.26. The largest absolute Gasteiger partial charge is 0.295 e. The lowest BCUT2D eigenvalue weighted by molar-refractivity contribution is 0.0699. The predicted octanol–water partition coefficient (Wildman–Crippen LogP) is 3.17. The minimum atomic E-state index is -3.57. The fourth-order valence-corrected chi connectivity index (χ4v) is 5.22. The number of benzene rings is 2. The minimum absolute atomic E-state index is 0.0734. The van der Waals surface area contributed by atoms with E-state index < -0.39 is 10.0 Å². The average molecular weight is 387 g/mol. The summed E-state index contributed by atoms with van der Waals surface area (Å²) in [6.07, 6.45) is 0. The number of carbonyl (C=O) groups is 1. The number of Topliss-reactive ketones (excluding diaryl/α,β-unsaturated/α-hetero) is 1. The molecule has 2 aromatic rings. The average Bonchev–Trinajstić information content (AvgIpc) is 2.65. The van der Waals surface area contributed by atoms with Crippen LogP contribution in [0.2, 0.25) is 0 Å². The Bertz CT molecular complexity index is 883. The van der Waals surface area contributed by atoms with Gasteiger partial charge in [0.2, 0.25) is 10.0 Å². The highest BCUT2D eigenvalue weighted by atomic mass is 32.2. The minimum Gasteiger partial charge on any atom is -0.295 e. The molecule has 5 nitrogen and oxygen atoms in total. The third kappa shape index (κ3) is 4.29. The maximum Gasteiger partial charge on any atom is 0.243 e. The zero-order valence-electron chi connectivity index (χ0n) is 16.0. The highest BCUT2D eigenvalue weighted by Gasteiger charge is 2.36. The molecule has 2 unspecified atom stereocenters. The lowest BCUT2D eigenvalue weighted by atomic mass is 10.1. The van der Waals surface area contributed by atoms with Gasteiger partial charge in [-0.2, -0.15) is 4.31 Å². The SMILES string of the molecule is CC(=O)c1ccc(S(=O)(=O)N2CC(C)N(Cc3ccccc3)C(C)C2)cc1. The number of rotatable bonds is 5. The van der Waals surface area contributed by atoms with Crippen molar-refractivity contribution in [1.82, 2.24) is 9.21 Å². The second kappa shape index (κ2) is 7.92. The molecule has 0 bridgehead atoms. The Hall–Kier alpha value is -2.02. The molecule has 0 aliphatic carbocycles. The molecule has 0 aromatic heterocycles. The summed E-state index contributed by atoms with van der Waals surface area (Å²) < 4.78 is 27.7. The Morgan fingerprint density at radius 1 is 0.963 bits per heavy atom. The van der Waals surface area contributed by atoms with Crippen LogP contribution in [0.25, 0.3) is 0 Å². The van der Waals surface area contributed by atoms with Gasteiger partial charge in [0.25, 0.3) is 0 Å². The van der Waals surface area contributed by atoms with Crippen molar-refractivity contribution >= 4 is 15.8 Å². The van der Waals surface area contributed by atoms with Gasteiger partial charge < -0.3 is 0 Å². The van der Waals surface area contributed by atoms with E-state index in [1.807, 2.05) is 18.2 Å². The highest BCUT2D eigenvalue weighted by Crippen LogP contribution is 2.25. The van der Waals surface area contributed by atoms with E-state index in [1.54, 1.807) is 16.4 Å². The first-order valence-electron chi connectivity index (χ1n) is 9.20. The molecule has 2 aromatic carbocycles. The quantitative estimate of drug-likeness (QED) is 0.741. The van der Waals surface area contributed by atoms with E-state index in [0.717, 1.165) is 6.54 Å². The van der Waals surface area contributed by atoms with E-state index in [4.69, 9.17) is 0 Å². The fourth-order valence-electron chi connectivity index (χ4n) is 3.62. The summed E-state index contributed by atoms with van der Waals surface area (Å²) in [5, 5.41) is 0. The zero-order chi connectivity index (χ0) is 19.6. The maximum absolute atomic E-state index is 13.0. The van der Waals surface area contributed by atoms with Crippen LogP contribution in [-0.2, 0) is 16.6 Å². The fraction of sp³-hybridized carbons (Fsp3) is 0.381. The second-order valence-corrected chi connectivity index (χ2v) is 9.20. The molecule has 2 atom stereocenters. The molecule has 0 N–H and O–H groups in total. The Balaban J connectivity index is 1.76. The summed E-state index contributed by atoms with van der Waals surface area (Å²) in [4.78, 5) is 14.0. The van der Waals surface area contributed by atoms with Gasteiger partial charge in [-0.3, -0.25) is 9.69 Å². The molecular formula is C21H26N2O3S. The van der Waals surface area contributed by atoms with Crippen molar-refractivity contribution in [3.8, 4) is 0 Å². The van der Waals surface area contributed by atoms with E-state index in [-0.39, 0.29) is 22.8 Å². The molecule has 1 aliphatic rings. The first-order valence-corrected chi connectivity index (χ1v) is 10.6. The molecular weight excluding hydrogens is 360 g/mol. The molecule has 0 radical (unpaired) electrons. The molecule has 0 spiro atoms. The Morgan fingerprint density at radius 3 is 2.04 bits per heavy atom. The monoisotopic (exact) mass is 386 g/mol. The first kappa shape index (κ1) is 19.7. The van der Waals surface area contributed by atoms with Gasteiger partial charge in [-0.05, 0) is 38.5 Å². The van der Waals surface area contributed by atoms with Crippen molar-refractivity contribution in [2.24, 2.45) is 0 Å². The number of nitrogens with zero attached hydrogens (tertiary/aromatic N) is 2. The molecule has 0 amide bonds. The first-order chi connectivity index (χ1) is 12.8. The number of hydrogen-bond donors (Lipinski definition) is 0. The summed E-state index contributed by atoms with van der Waals surface area (Å²) >= 11 is 0. The van der Waals surface area contributed by atoms with E-state index >= 15 is 0 Å². The van der Waals surface area contributed by atoms with Crippen LogP contribution >= 0.6 is 0 Å². The van der Waals surface area contributed by atoms with Crippen molar-refractivity contribution in [1.29, 1.82) is 0 Å². The number of sulfonamides is 1. The van der Waals surface area contributed by atoms with Crippen LogP contribution in [-0.4, -0.2) is 48.6 Å². The third-order valence-corrected chi connectivity index (χ3v) is 7.02. The smallest absolute Gasteiger partial charge is 0.243 e. The van der Waals surface area contributed by atoms with Gasteiger partial charge in [-0.15, -0.1) is 0 Å². The Morgan fingerprint density at radius 2 is 1.52 bits per heavy atom. The molecule has 1 fully saturated rings. The van der Waals surface area contributed by atoms with Crippen LogP contribution in [0.5, 0.6) is 0 Å². The summed E-state index contributed by atoms with van der Waals surface area (Å²) in [6.45, 7) is 7.32. The van der Waals surface area contributed by atoms with E-state index in [1.165, 1.54) is 24.6 Å². The number of ketones is 1. The lowest BCUT2D eigenvalue weighted by Gasteiger charge is -2.43. The normalized spacial score (nSPS) is 21.9. The molecule has 144 valence electrons. The zero-order valence-corrected chi connectivity index (χ0v) is 16.8. The van der Waals surface area contributed by atoms with Crippen LogP contribution in [0, 0.1) is 0 Å². The standard InChI is InChI=1S/C21H26N2O3S/c1-16-13-22(14-17(2)23(16)15-19-7-5-4-6-8-19)27(25,26)21-11-9-20(10-12-21)18(3)24/h4-12,16-17H,13-15H2,1-3H3. The van der Waals surface area contributed by atoms with Gasteiger partial charge in [0.05, 0.1) is 4.90 Å². The molecule has 6 heteroatoms.